The molecule has 1 saturated heterocycles. The molecule has 1 heterocycles. The first-order valence-electron chi connectivity index (χ1n) is 22.0. The van der Waals surface area contributed by atoms with Gasteiger partial charge in [-0.1, -0.05) is 138 Å². The molecular weight excluding hydrogens is 725 g/mol. The Kier molecular flexibility index (Phi) is 34.2. The van der Waals surface area contributed by atoms with E-state index in [1.807, 2.05) is 6.08 Å². The van der Waals surface area contributed by atoms with Gasteiger partial charge in [-0.3, -0.25) is 9.59 Å². The van der Waals surface area contributed by atoms with Crippen LogP contribution in [0.3, 0.4) is 0 Å². The lowest BCUT2D eigenvalue weighted by atomic mass is 9.99. The van der Waals surface area contributed by atoms with Crippen molar-refractivity contribution >= 4 is 11.9 Å². The van der Waals surface area contributed by atoms with Crippen LogP contribution in [0, 0.1) is 0 Å². The fourth-order valence-electron chi connectivity index (χ4n) is 6.10. The largest absolute Gasteiger partial charge is 0.462 e. The second-order valence-corrected chi connectivity index (χ2v) is 14.8. The molecule has 0 amide bonds. The quantitative estimate of drug-likeness (QED) is 0.0277. The number of aliphatic hydroxyl groups excluding tert-OH is 4. The van der Waals surface area contributed by atoms with Crippen LogP contribution in [-0.4, -0.2) is 89.0 Å². The number of carbonyl (C=O) groups is 2. The number of unbranched alkanes of at least 4 members (excludes halogenated alkanes) is 12. The minimum atomic E-state index is -1.61. The van der Waals surface area contributed by atoms with Gasteiger partial charge < -0.3 is 39.4 Å². The molecule has 6 atom stereocenters. The molecule has 4 N–H and O–H groups in total. The minimum Gasteiger partial charge on any atom is -0.462 e. The summed E-state index contributed by atoms with van der Waals surface area (Å²) in [7, 11) is 0. The van der Waals surface area contributed by atoms with Crippen molar-refractivity contribution in [3.63, 3.8) is 0 Å². The van der Waals surface area contributed by atoms with Gasteiger partial charge in [0.05, 0.1) is 13.2 Å². The first-order chi connectivity index (χ1) is 27.8. The lowest BCUT2D eigenvalue weighted by Gasteiger charge is -2.39. The zero-order chi connectivity index (χ0) is 41.6. The summed E-state index contributed by atoms with van der Waals surface area (Å²) in [6, 6.07) is 0. The van der Waals surface area contributed by atoms with Gasteiger partial charge >= 0.3 is 11.9 Å². The number of rotatable bonds is 35. The second kappa shape index (κ2) is 37.4. The Morgan fingerprint density at radius 1 is 0.561 bits per heavy atom. The number of ether oxygens (including phenoxy) is 4. The highest BCUT2D eigenvalue weighted by molar-refractivity contribution is 5.70. The van der Waals surface area contributed by atoms with E-state index in [0.717, 1.165) is 77.0 Å². The van der Waals surface area contributed by atoms with Crippen molar-refractivity contribution in [3.05, 3.63) is 72.9 Å². The number of hydrogen-bond donors (Lipinski definition) is 4. The maximum atomic E-state index is 12.8. The molecule has 2 unspecified atom stereocenters. The Hall–Kier alpha value is -2.86. The third-order valence-corrected chi connectivity index (χ3v) is 9.58. The second-order valence-electron chi connectivity index (χ2n) is 14.8. The van der Waals surface area contributed by atoms with E-state index in [1.54, 1.807) is 0 Å². The molecule has 1 aliphatic rings. The number of esters is 2. The normalized spacial score (nSPS) is 21.0. The maximum absolute atomic E-state index is 12.8. The van der Waals surface area contributed by atoms with Crippen molar-refractivity contribution in [2.24, 2.45) is 0 Å². The SMILES string of the molecule is CC/C=C/C/C=C/C/C=C/C/C=C/C/C=C/CCCC(=O)OC[C@@H](CO[C@H]1O[C@@H](CO)[C@@H](O)C(O)C1O)OC(=O)CCCCCCC/C=C/CCCCCCCC. The average molecular weight is 803 g/mol. The van der Waals surface area contributed by atoms with Gasteiger partial charge in [0.2, 0.25) is 0 Å². The minimum absolute atomic E-state index is 0.192. The van der Waals surface area contributed by atoms with Crippen LogP contribution in [0.4, 0.5) is 0 Å². The fraction of sp³-hybridized carbons (Fsp3) is 0.702. The lowest BCUT2D eigenvalue weighted by Crippen LogP contribution is -2.59. The molecule has 1 fully saturated rings. The van der Waals surface area contributed by atoms with Crippen LogP contribution in [0.25, 0.3) is 0 Å². The van der Waals surface area contributed by atoms with Crippen LogP contribution in [0.5, 0.6) is 0 Å². The Balaban J connectivity index is 2.40. The Morgan fingerprint density at radius 3 is 1.63 bits per heavy atom. The van der Waals surface area contributed by atoms with E-state index < -0.39 is 55.4 Å². The molecule has 1 aliphatic heterocycles. The molecule has 0 saturated carbocycles. The molecule has 57 heavy (non-hydrogen) atoms. The summed E-state index contributed by atoms with van der Waals surface area (Å²) < 4.78 is 22.1. The molecule has 10 nitrogen and oxygen atoms in total. The molecule has 0 aromatic heterocycles. The summed E-state index contributed by atoms with van der Waals surface area (Å²) in [5, 5.41) is 40.0. The highest BCUT2D eigenvalue weighted by Crippen LogP contribution is 2.22. The summed E-state index contributed by atoms with van der Waals surface area (Å²) in [5.41, 5.74) is 0. The summed E-state index contributed by atoms with van der Waals surface area (Å²) in [6.07, 6.45) is 39.1. The van der Waals surface area contributed by atoms with Crippen LogP contribution in [-0.2, 0) is 28.5 Å². The van der Waals surface area contributed by atoms with Gasteiger partial charge in [0, 0.05) is 12.8 Å². The highest BCUT2D eigenvalue weighted by Gasteiger charge is 2.44. The third-order valence-electron chi connectivity index (χ3n) is 9.58. The van der Waals surface area contributed by atoms with Gasteiger partial charge in [-0.2, -0.15) is 0 Å². The zero-order valence-electron chi connectivity index (χ0n) is 35.3. The van der Waals surface area contributed by atoms with Gasteiger partial charge in [0.25, 0.3) is 0 Å². The summed E-state index contributed by atoms with van der Waals surface area (Å²) in [4.78, 5) is 25.3. The van der Waals surface area contributed by atoms with Gasteiger partial charge in [-0.25, -0.2) is 0 Å². The lowest BCUT2D eigenvalue weighted by molar-refractivity contribution is -0.305. The molecule has 0 radical (unpaired) electrons. The van der Waals surface area contributed by atoms with Gasteiger partial charge in [0.1, 0.15) is 31.0 Å². The molecule has 0 bridgehead atoms. The van der Waals surface area contributed by atoms with E-state index in [4.69, 9.17) is 18.9 Å². The van der Waals surface area contributed by atoms with E-state index in [0.29, 0.717) is 12.8 Å². The molecule has 0 aromatic carbocycles. The van der Waals surface area contributed by atoms with E-state index in [2.05, 4.69) is 80.7 Å². The number of allylic oxidation sites excluding steroid dienone is 12. The maximum Gasteiger partial charge on any atom is 0.306 e. The van der Waals surface area contributed by atoms with Crippen LogP contribution < -0.4 is 0 Å². The molecular formula is C47H78O10. The number of carbonyl (C=O) groups excluding carboxylic acids is 2. The predicted molar refractivity (Wildman–Crippen MR) is 228 cm³/mol. The van der Waals surface area contributed by atoms with Crippen molar-refractivity contribution in [2.45, 2.75) is 192 Å². The third kappa shape index (κ3) is 29.1. The molecule has 1 rings (SSSR count). The van der Waals surface area contributed by atoms with Crippen LogP contribution in [0.2, 0.25) is 0 Å². The molecule has 0 aliphatic carbocycles. The van der Waals surface area contributed by atoms with E-state index in [1.165, 1.54) is 38.5 Å². The van der Waals surface area contributed by atoms with Crippen LogP contribution >= 0.6 is 0 Å². The first-order valence-corrected chi connectivity index (χ1v) is 22.0. The predicted octanol–water partition coefficient (Wildman–Crippen LogP) is 9.22. The van der Waals surface area contributed by atoms with Gasteiger partial charge in [0.15, 0.2) is 12.4 Å². The van der Waals surface area contributed by atoms with E-state index >= 15 is 0 Å². The first kappa shape index (κ1) is 52.2. The van der Waals surface area contributed by atoms with Crippen molar-refractivity contribution in [1.82, 2.24) is 0 Å². The molecule has 0 aromatic rings. The summed E-state index contributed by atoms with van der Waals surface area (Å²) in [6.45, 7) is 3.22. The topological polar surface area (TPSA) is 152 Å². The summed E-state index contributed by atoms with van der Waals surface area (Å²) in [5.74, 6) is -0.891. The molecule has 0 spiro atoms. The fourth-order valence-corrected chi connectivity index (χ4v) is 6.10. The Morgan fingerprint density at radius 2 is 1.05 bits per heavy atom. The van der Waals surface area contributed by atoms with Crippen LogP contribution in [0.1, 0.15) is 155 Å². The number of aliphatic hydroxyl groups is 4. The molecule has 326 valence electrons. The van der Waals surface area contributed by atoms with Crippen LogP contribution in [0.15, 0.2) is 72.9 Å². The summed E-state index contributed by atoms with van der Waals surface area (Å²) >= 11 is 0. The van der Waals surface area contributed by atoms with Gasteiger partial charge in [-0.15, -0.1) is 0 Å². The standard InChI is InChI=1S/C47H78O10/c1-3-5-7-9-11-13-15-17-19-20-22-23-25-27-29-31-33-35-42(49)54-38-40(39-55-47-46(53)45(52)44(51)41(37-48)57-47)56-43(50)36-34-32-30-28-26-24-21-18-16-14-12-10-8-6-4-2/h5,7,11,13,17-19,21-23,27,29,40-41,44-48,51-53H,3-4,6,8-10,12,14-16,20,24-26,28,30-39H2,1-2H3/b7-5+,13-11+,19-17+,21-18+,23-22+,29-27+/t40-,41-,44+,45?,46?,47-/m0/s1. The van der Waals surface area contributed by atoms with E-state index in [-0.39, 0.29) is 26.1 Å². The van der Waals surface area contributed by atoms with Crippen molar-refractivity contribution in [3.8, 4) is 0 Å². The van der Waals surface area contributed by atoms with E-state index in [9.17, 15) is 30.0 Å². The highest BCUT2D eigenvalue weighted by atomic mass is 16.7. The van der Waals surface area contributed by atoms with Crippen molar-refractivity contribution in [2.75, 3.05) is 19.8 Å². The van der Waals surface area contributed by atoms with Crippen molar-refractivity contribution < 1.29 is 49.0 Å². The van der Waals surface area contributed by atoms with Crippen molar-refractivity contribution in [1.29, 1.82) is 0 Å². The Bertz CT molecular complexity index is 1160. The smallest absolute Gasteiger partial charge is 0.306 e. The monoisotopic (exact) mass is 803 g/mol. The van der Waals surface area contributed by atoms with Gasteiger partial charge in [-0.05, 0) is 77.0 Å². The zero-order valence-corrected chi connectivity index (χ0v) is 35.3. The average Bonchev–Trinajstić information content (AvgIpc) is 3.21. The Labute approximate surface area is 344 Å². The molecule has 10 heteroatoms. The number of hydrogen-bond acceptors (Lipinski definition) is 10.